The van der Waals surface area contributed by atoms with Crippen molar-refractivity contribution in [2.45, 2.75) is 0 Å². The lowest BCUT2D eigenvalue weighted by Crippen LogP contribution is -1.92. The minimum absolute atomic E-state index is 0.904. The summed E-state index contributed by atoms with van der Waals surface area (Å²) in [6, 6.07) is 8.29. The van der Waals surface area contributed by atoms with Gasteiger partial charge in [-0.2, -0.15) is 0 Å². The summed E-state index contributed by atoms with van der Waals surface area (Å²) in [5.41, 5.74) is 1.04. The smallest absolute Gasteiger partial charge is 0.147 e. The van der Waals surface area contributed by atoms with Gasteiger partial charge in [-0.1, -0.05) is 18.2 Å². The van der Waals surface area contributed by atoms with Crippen molar-refractivity contribution in [1.82, 2.24) is 9.97 Å². The Kier molecular flexibility index (Phi) is 1.82. The van der Waals surface area contributed by atoms with Gasteiger partial charge in [-0.25, -0.2) is 9.97 Å². The quantitative estimate of drug-likeness (QED) is 0.678. The summed E-state index contributed by atoms with van der Waals surface area (Å²) in [4.78, 5) is 8.55. The van der Waals surface area contributed by atoms with Crippen molar-refractivity contribution >= 4 is 37.5 Å². The van der Waals surface area contributed by atoms with Crippen molar-refractivity contribution in [3.05, 3.63) is 30.6 Å². The Balaban J connectivity index is 2.53. The third-order valence-electron chi connectivity index (χ3n) is 2.39. The van der Waals surface area contributed by atoms with Crippen LogP contribution in [0.4, 0.5) is 5.82 Å². The molecule has 74 valence electrons. The lowest BCUT2D eigenvalue weighted by molar-refractivity contribution is 1.22. The van der Waals surface area contributed by atoms with Gasteiger partial charge in [0.15, 0.2) is 0 Å². The van der Waals surface area contributed by atoms with Crippen LogP contribution in [0.1, 0.15) is 0 Å². The summed E-state index contributed by atoms with van der Waals surface area (Å²) in [7, 11) is 1.88. The molecule has 2 aromatic heterocycles. The molecule has 0 aliphatic heterocycles. The van der Waals surface area contributed by atoms with Crippen LogP contribution in [0, 0.1) is 0 Å². The standard InChI is InChI=1S/C11H9N3S/c1-12-11-10-9(13-6-14-11)7-4-2-3-5-8(7)15-10/h2-6H,1H3,(H,12,13,14). The molecule has 0 saturated carbocycles. The highest BCUT2D eigenvalue weighted by Crippen LogP contribution is 2.35. The maximum absolute atomic E-state index is 4.34. The first kappa shape index (κ1) is 8.61. The molecule has 3 nitrogen and oxygen atoms in total. The molecule has 0 fully saturated rings. The number of nitrogens with one attached hydrogen (secondary N) is 1. The molecule has 15 heavy (non-hydrogen) atoms. The second kappa shape index (κ2) is 3.17. The van der Waals surface area contributed by atoms with Gasteiger partial charge in [0.25, 0.3) is 0 Å². The molecule has 3 aromatic rings. The number of hydrogen-bond donors (Lipinski definition) is 1. The first-order valence-electron chi connectivity index (χ1n) is 4.70. The van der Waals surface area contributed by atoms with Gasteiger partial charge in [0, 0.05) is 17.1 Å². The largest absolute Gasteiger partial charge is 0.372 e. The zero-order valence-electron chi connectivity index (χ0n) is 8.19. The monoisotopic (exact) mass is 215 g/mol. The number of fused-ring (bicyclic) bond motifs is 3. The highest BCUT2D eigenvalue weighted by atomic mass is 32.1. The maximum Gasteiger partial charge on any atom is 0.147 e. The minimum Gasteiger partial charge on any atom is -0.372 e. The van der Waals surface area contributed by atoms with Crippen molar-refractivity contribution in [3.8, 4) is 0 Å². The molecule has 3 rings (SSSR count). The van der Waals surface area contributed by atoms with E-state index in [1.165, 1.54) is 10.1 Å². The molecule has 1 aromatic carbocycles. The Hall–Kier alpha value is -1.68. The molecule has 0 atom stereocenters. The van der Waals surface area contributed by atoms with E-state index in [1.807, 2.05) is 19.2 Å². The number of hydrogen-bond acceptors (Lipinski definition) is 4. The first-order chi connectivity index (χ1) is 7.40. The second-order valence-electron chi connectivity index (χ2n) is 3.25. The van der Waals surface area contributed by atoms with E-state index in [2.05, 4.69) is 27.4 Å². The molecule has 1 N–H and O–H groups in total. The van der Waals surface area contributed by atoms with Crippen LogP contribution in [-0.2, 0) is 0 Å². The number of thiophene rings is 1. The van der Waals surface area contributed by atoms with Crippen LogP contribution in [0.25, 0.3) is 20.3 Å². The fourth-order valence-corrected chi connectivity index (χ4v) is 2.85. The lowest BCUT2D eigenvalue weighted by atomic mass is 10.2. The predicted octanol–water partition coefficient (Wildman–Crippen LogP) is 2.89. The highest BCUT2D eigenvalue weighted by Gasteiger charge is 2.08. The second-order valence-corrected chi connectivity index (χ2v) is 4.30. The van der Waals surface area contributed by atoms with Crippen molar-refractivity contribution in [3.63, 3.8) is 0 Å². The van der Waals surface area contributed by atoms with Gasteiger partial charge in [0.2, 0.25) is 0 Å². The third kappa shape index (κ3) is 1.18. The van der Waals surface area contributed by atoms with Gasteiger partial charge >= 0.3 is 0 Å². The number of rotatable bonds is 1. The van der Waals surface area contributed by atoms with Gasteiger partial charge in [0.1, 0.15) is 12.1 Å². The van der Waals surface area contributed by atoms with Gasteiger partial charge < -0.3 is 5.32 Å². The SMILES string of the molecule is CNc1ncnc2c1sc1ccccc12. The first-order valence-corrected chi connectivity index (χ1v) is 5.52. The number of nitrogens with zero attached hydrogens (tertiary/aromatic N) is 2. The van der Waals surface area contributed by atoms with Crippen molar-refractivity contribution < 1.29 is 0 Å². The van der Waals surface area contributed by atoms with Crippen LogP contribution in [0.15, 0.2) is 30.6 Å². The average molecular weight is 215 g/mol. The van der Waals surface area contributed by atoms with E-state index in [1.54, 1.807) is 17.7 Å². The van der Waals surface area contributed by atoms with E-state index in [-0.39, 0.29) is 0 Å². The van der Waals surface area contributed by atoms with Gasteiger partial charge in [-0.15, -0.1) is 11.3 Å². The van der Waals surface area contributed by atoms with Crippen LogP contribution in [0.2, 0.25) is 0 Å². The fraction of sp³-hybridized carbons (Fsp3) is 0.0909. The molecular weight excluding hydrogens is 206 g/mol. The molecule has 0 bridgehead atoms. The van der Waals surface area contributed by atoms with Crippen LogP contribution < -0.4 is 5.32 Å². The van der Waals surface area contributed by atoms with E-state index in [0.29, 0.717) is 0 Å². The summed E-state index contributed by atoms with van der Waals surface area (Å²) in [5.74, 6) is 0.904. The van der Waals surface area contributed by atoms with E-state index in [0.717, 1.165) is 16.0 Å². The summed E-state index contributed by atoms with van der Waals surface area (Å²) < 4.78 is 2.38. The molecule has 0 aliphatic rings. The Bertz CT molecular complexity index is 630. The fourth-order valence-electron chi connectivity index (χ4n) is 1.70. The number of anilines is 1. The third-order valence-corrected chi connectivity index (χ3v) is 3.56. The van der Waals surface area contributed by atoms with E-state index >= 15 is 0 Å². The van der Waals surface area contributed by atoms with Crippen molar-refractivity contribution in [1.29, 1.82) is 0 Å². The summed E-state index contributed by atoms with van der Waals surface area (Å²) in [6.45, 7) is 0. The van der Waals surface area contributed by atoms with E-state index in [4.69, 9.17) is 0 Å². The van der Waals surface area contributed by atoms with Crippen molar-refractivity contribution in [2.24, 2.45) is 0 Å². The number of aromatic nitrogens is 2. The Morgan fingerprint density at radius 3 is 2.93 bits per heavy atom. The Morgan fingerprint density at radius 1 is 1.20 bits per heavy atom. The Labute approximate surface area is 90.8 Å². The molecule has 0 saturated heterocycles. The molecule has 0 aliphatic carbocycles. The van der Waals surface area contributed by atoms with Crippen LogP contribution in [0.3, 0.4) is 0 Å². The molecular formula is C11H9N3S. The molecule has 4 heteroatoms. The zero-order valence-corrected chi connectivity index (χ0v) is 9.01. The lowest BCUT2D eigenvalue weighted by Gasteiger charge is -1.97. The topological polar surface area (TPSA) is 37.8 Å². The normalized spacial score (nSPS) is 11.0. The van der Waals surface area contributed by atoms with Gasteiger partial charge in [-0.05, 0) is 6.07 Å². The van der Waals surface area contributed by atoms with Crippen molar-refractivity contribution in [2.75, 3.05) is 12.4 Å². The van der Waals surface area contributed by atoms with Gasteiger partial charge in [-0.3, -0.25) is 0 Å². The van der Waals surface area contributed by atoms with Crippen LogP contribution in [0.5, 0.6) is 0 Å². The maximum atomic E-state index is 4.34. The number of benzene rings is 1. The molecule has 2 heterocycles. The summed E-state index contributed by atoms with van der Waals surface area (Å²) >= 11 is 1.73. The van der Waals surface area contributed by atoms with E-state index in [9.17, 15) is 0 Å². The summed E-state index contributed by atoms with van der Waals surface area (Å²) in [5, 5.41) is 4.30. The summed E-state index contributed by atoms with van der Waals surface area (Å²) in [6.07, 6.45) is 1.60. The minimum atomic E-state index is 0.904. The van der Waals surface area contributed by atoms with E-state index < -0.39 is 0 Å². The van der Waals surface area contributed by atoms with Crippen LogP contribution >= 0.6 is 11.3 Å². The zero-order chi connectivity index (χ0) is 10.3. The molecule has 0 radical (unpaired) electrons. The predicted molar refractivity (Wildman–Crippen MR) is 64.5 cm³/mol. The van der Waals surface area contributed by atoms with Crippen LogP contribution in [-0.4, -0.2) is 17.0 Å². The molecule has 0 unspecified atom stereocenters. The average Bonchev–Trinajstić information content (AvgIpc) is 2.67. The molecule has 0 spiro atoms. The van der Waals surface area contributed by atoms with Gasteiger partial charge in [0.05, 0.1) is 10.2 Å². The highest BCUT2D eigenvalue weighted by molar-refractivity contribution is 7.26. The molecule has 0 amide bonds. The Morgan fingerprint density at radius 2 is 2.07 bits per heavy atom.